The van der Waals surface area contributed by atoms with Gasteiger partial charge in [-0.3, -0.25) is 4.90 Å². The largest absolute Gasteiger partial charge is 0.394 e. The third-order valence-electron chi connectivity index (χ3n) is 4.60. The number of likely N-dealkylation sites (N-methyl/N-ethyl adjacent to an activating group) is 1. The Morgan fingerprint density at radius 1 is 1.29 bits per heavy atom. The molecule has 21 heavy (non-hydrogen) atoms. The van der Waals surface area contributed by atoms with Crippen LogP contribution in [0.25, 0.3) is 0 Å². The molecule has 0 heterocycles. The molecule has 0 saturated heterocycles. The molecule has 1 atom stereocenters. The fourth-order valence-corrected chi connectivity index (χ4v) is 2.89. The van der Waals surface area contributed by atoms with Crippen LogP contribution in [0.2, 0.25) is 0 Å². The van der Waals surface area contributed by atoms with Crippen LogP contribution >= 0.6 is 0 Å². The molecule has 118 valence electrons. The van der Waals surface area contributed by atoms with Crippen LogP contribution in [0.4, 0.5) is 0 Å². The lowest BCUT2D eigenvalue weighted by atomic mass is 9.89. The van der Waals surface area contributed by atoms with Crippen LogP contribution in [0.15, 0.2) is 30.3 Å². The molecule has 1 aromatic carbocycles. The molecule has 2 rings (SSSR count). The molecule has 1 fully saturated rings. The Bertz CT molecular complexity index is 410. The molecule has 0 aliphatic heterocycles. The van der Waals surface area contributed by atoms with Gasteiger partial charge in [0, 0.05) is 12.6 Å². The molecule has 0 bridgehead atoms. The van der Waals surface area contributed by atoms with Crippen molar-refractivity contribution in [2.45, 2.75) is 44.7 Å². The molecule has 2 N–H and O–H groups in total. The highest BCUT2D eigenvalue weighted by molar-refractivity contribution is 5.25. The van der Waals surface area contributed by atoms with Crippen LogP contribution in [-0.4, -0.2) is 42.8 Å². The van der Waals surface area contributed by atoms with Crippen molar-refractivity contribution in [1.82, 2.24) is 10.2 Å². The summed E-state index contributed by atoms with van der Waals surface area (Å²) in [5, 5.41) is 13.5. The second-order valence-electron chi connectivity index (χ2n) is 6.74. The summed E-state index contributed by atoms with van der Waals surface area (Å²) in [4.78, 5) is 2.57. The van der Waals surface area contributed by atoms with Crippen molar-refractivity contribution in [3.63, 3.8) is 0 Å². The topological polar surface area (TPSA) is 35.5 Å². The van der Waals surface area contributed by atoms with Crippen molar-refractivity contribution in [2.24, 2.45) is 5.92 Å². The highest BCUT2D eigenvalue weighted by Gasteiger charge is 2.37. The maximum Gasteiger partial charge on any atom is 0.0795 e. The number of nitrogens with one attached hydrogen (secondary N) is 1. The zero-order valence-corrected chi connectivity index (χ0v) is 13.7. The molecular weight excluding hydrogens is 260 g/mol. The second kappa shape index (κ2) is 7.39. The van der Waals surface area contributed by atoms with Crippen LogP contribution in [0, 0.1) is 5.92 Å². The van der Waals surface area contributed by atoms with Crippen LogP contribution in [0.1, 0.15) is 38.7 Å². The lowest BCUT2D eigenvalue weighted by Gasteiger charge is -2.38. The summed E-state index contributed by atoms with van der Waals surface area (Å²) in [6.07, 6.45) is 3.83. The van der Waals surface area contributed by atoms with Gasteiger partial charge in [-0.25, -0.2) is 0 Å². The lowest BCUT2D eigenvalue weighted by Crippen LogP contribution is -2.53. The van der Waals surface area contributed by atoms with E-state index in [4.69, 9.17) is 0 Å². The Morgan fingerprint density at radius 2 is 1.95 bits per heavy atom. The number of aliphatic hydroxyl groups is 1. The Labute approximate surface area is 129 Å². The number of benzene rings is 1. The fraction of sp³-hybridized carbons (Fsp3) is 0.667. The van der Waals surface area contributed by atoms with E-state index in [1.807, 2.05) is 25.2 Å². The molecule has 0 amide bonds. The molecule has 1 unspecified atom stereocenters. The Balaban J connectivity index is 2.13. The van der Waals surface area contributed by atoms with E-state index < -0.39 is 0 Å². The van der Waals surface area contributed by atoms with Gasteiger partial charge in [-0.1, -0.05) is 44.2 Å². The van der Waals surface area contributed by atoms with E-state index in [1.165, 1.54) is 24.8 Å². The smallest absolute Gasteiger partial charge is 0.0795 e. The normalized spacial score (nSPS) is 18.2. The fourth-order valence-electron chi connectivity index (χ4n) is 2.89. The first kappa shape index (κ1) is 16.5. The van der Waals surface area contributed by atoms with Gasteiger partial charge in [0.15, 0.2) is 0 Å². The van der Waals surface area contributed by atoms with E-state index in [-0.39, 0.29) is 12.1 Å². The summed E-state index contributed by atoms with van der Waals surface area (Å²) in [5.41, 5.74) is 0.811. The first-order valence-electron chi connectivity index (χ1n) is 8.20. The van der Waals surface area contributed by atoms with E-state index >= 15 is 0 Å². The summed E-state index contributed by atoms with van der Waals surface area (Å²) in [6.45, 7) is 6.68. The van der Waals surface area contributed by atoms with Gasteiger partial charge in [-0.2, -0.15) is 0 Å². The van der Waals surface area contributed by atoms with Crippen LogP contribution < -0.4 is 5.32 Å². The van der Waals surface area contributed by atoms with Crippen LogP contribution in [0.3, 0.4) is 0 Å². The number of nitrogens with zero attached hydrogens (tertiary/aromatic N) is 1. The number of rotatable bonds is 9. The zero-order valence-electron chi connectivity index (χ0n) is 13.7. The minimum absolute atomic E-state index is 0.123. The number of hydrogen-bond donors (Lipinski definition) is 2. The summed E-state index contributed by atoms with van der Waals surface area (Å²) in [5.74, 6) is 0.723. The third kappa shape index (κ3) is 4.29. The minimum Gasteiger partial charge on any atom is -0.394 e. The van der Waals surface area contributed by atoms with Gasteiger partial charge in [0.2, 0.25) is 0 Å². The van der Waals surface area contributed by atoms with Crippen LogP contribution in [-0.2, 0) is 5.54 Å². The van der Waals surface area contributed by atoms with Gasteiger partial charge < -0.3 is 10.4 Å². The monoisotopic (exact) mass is 290 g/mol. The SMILES string of the molecule is CNC(CO)(CN(CCC(C)C)C1CC1)c1ccccc1. The number of aliphatic hydroxyl groups excluding tert-OH is 1. The molecule has 1 saturated carbocycles. The van der Waals surface area contributed by atoms with Crippen LogP contribution in [0.5, 0.6) is 0 Å². The second-order valence-corrected chi connectivity index (χ2v) is 6.74. The van der Waals surface area contributed by atoms with Crippen molar-refractivity contribution < 1.29 is 5.11 Å². The zero-order chi connectivity index (χ0) is 15.3. The summed E-state index contributed by atoms with van der Waals surface area (Å²) >= 11 is 0. The van der Waals surface area contributed by atoms with Gasteiger partial charge in [-0.05, 0) is 44.3 Å². The quantitative estimate of drug-likeness (QED) is 0.734. The van der Waals surface area contributed by atoms with E-state index in [0.29, 0.717) is 6.04 Å². The highest BCUT2D eigenvalue weighted by atomic mass is 16.3. The molecular formula is C18H30N2O. The van der Waals surface area contributed by atoms with Crippen molar-refractivity contribution in [3.05, 3.63) is 35.9 Å². The standard InChI is InChI=1S/C18H30N2O/c1-15(2)11-12-20(17-9-10-17)13-18(14-21,19-3)16-7-5-4-6-8-16/h4-8,15,17,19,21H,9-14H2,1-3H3. The average molecular weight is 290 g/mol. The molecule has 3 nitrogen and oxygen atoms in total. The van der Waals surface area contributed by atoms with Gasteiger partial charge >= 0.3 is 0 Å². The maximum atomic E-state index is 10.1. The van der Waals surface area contributed by atoms with E-state index in [2.05, 4.69) is 36.2 Å². The molecule has 1 aliphatic rings. The van der Waals surface area contributed by atoms with Crippen molar-refractivity contribution in [1.29, 1.82) is 0 Å². The van der Waals surface area contributed by atoms with Gasteiger partial charge in [0.05, 0.1) is 12.1 Å². The molecule has 0 spiro atoms. The average Bonchev–Trinajstić information content (AvgIpc) is 3.34. The summed E-state index contributed by atoms with van der Waals surface area (Å²) in [6, 6.07) is 11.1. The van der Waals surface area contributed by atoms with Crippen molar-refractivity contribution in [3.8, 4) is 0 Å². The lowest BCUT2D eigenvalue weighted by molar-refractivity contribution is 0.105. The Kier molecular flexibility index (Phi) is 5.80. The molecule has 1 aliphatic carbocycles. The minimum atomic E-state index is -0.360. The van der Waals surface area contributed by atoms with Gasteiger partial charge in [0.25, 0.3) is 0 Å². The predicted molar refractivity (Wildman–Crippen MR) is 88.3 cm³/mol. The molecule has 3 heteroatoms. The van der Waals surface area contributed by atoms with Crippen molar-refractivity contribution >= 4 is 0 Å². The first-order chi connectivity index (χ1) is 10.1. The first-order valence-corrected chi connectivity index (χ1v) is 8.20. The predicted octanol–water partition coefficient (Wildman–Crippen LogP) is 2.60. The molecule has 0 radical (unpaired) electrons. The maximum absolute atomic E-state index is 10.1. The highest BCUT2D eigenvalue weighted by Crippen LogP contribution is 2.31. The molecule has 0 aromatic heterocycles. The number of hydrogen-bond acceptors (Lipinski definition) is 3. The van der Waals surface area contributed by atoms with E-state index in [9.17, 15) is 5.11 Å². The Hall–Kier alpha value is -0.900. The van der Waals surface area contributed by atoms with Gasteiger partial charge in [-0.15, -0.1) is 0 Å². The van der Waals surface area contributed by atoms with E-state index in [1.54, 1.807) is 0 Å². The third-order valence-corrected chi connectivity index (χ3v) is 4.60. The van der Waals surface area contributed by atoms with Gasteiger partial charge in [0.1, 0.15) is 0 Å². The van der Waals surface area contributed by atoms with Crippen molar-refractivity contribution in [2.75, 3.05) is 26.7 Å². The summed E-state index contributed by atoms with van der Waals surface area (Å²) < 4.78 is 0. The summed E-state index contributed by atoms with van der Waals surface area (Å²) in [7, 11) is 1.96. The molecule has 1 aromatic rings. The Morgan fingerprint density at radius 3 is 2.43 bits per heavy atom. The van der Waals surface area contributed by atoms with E-state index in [0.717, 1.165) is 19.0 Å².